The fourth-order valence-corrected chi connectivity index (χ4v) is 3.14. The third-order valence-corrected chi connectivity index (χ3v) is 3.75. The number of amides is 1. The SMILES string of the molecule is CC(=O)N[C@@H]1[C@@H](OC(C)=O)[C@H](I)O[C@H](C)[C@H]1OC(C)=O. The molecule has 0 bridgehead atoms. The van der Waals surface area contributed by atoms with E-state index in [9.17, 15) is 14.4 Å². The monoisotopic (exact) mass is 399 g/mol. The van der Waals surface area contributed by atoms with E-state index in [0.29, 0.717) is 0 Å². The molecule has 7 nitrogen and oxygen atoms in total. The van der Waals surface area contributed by atoms with E-state index in [4.69, 9.17) is 14.2 Å². The average molecular weight is 399 g/mol. The van der Waals surface area contributed by atoms with Crippen molar-refractivity contribution < 1.29 is 28.6 Å². The number of nitrogens with one attached hydrogen (secondary N) is 1. The average Bonchev–Trinajstić information content (AvgIpc) is 2.27. The highest BCUT2D eigenvalue weighted by atomic mass is 127. The summed E-state index contributed by atoms with van der Waals surface area (Å²) in [6, 6.07) is -0.647. The zero-order valence-corrected chi connectivity index (χ0v) is 13.9. The van der Waals surface area contributed by atoms with E-state index >= 15 is 0 Å². The lowest BCUT2D eigenvalue weighted by atomic mass is 9.97. The Morgan fingerprint density at radius 1 is 1.05 bits per heavy atom. The van der Waals surface area contributed by atoms with Gasteiger partial charge in [0, 0.05) is 20.8 Å². The van der Waals surface area contributed by atoms with E-state index in [2.05, 4.69) is 5.32 Å². The summed E-state index contributed by atoms with van der Waals surface area (Å²) in [7, 11) is 0. The van der Waals surface area contributed by atoms with Crippen LogP contribution in [0.25, 0.3) is 0 Å². The van der Waals surface area contributed by atoms with Gasteiger partial charge in [-0.05, 0) is 29.5 Å². The summed E-state index contributed by atoms with van der Waals surface area (Å²) < 4.78 is 15.6. The lowest BCUT2D eigenvalue weighted by molar-refractivity contribution is -0.192. The molecule has 1 saturated heterocycles. The van der Waals surface area contributed by atoms with Crippen LogP contribution in [0.4, 0.5) is 0 Å². The van der Waals surface area contributed by atoms with Crippen LogP contribution in [0.1, 0.15) is 27.7 Å². The van der Waals surface area contributed by atoms with E-state index in [0.717, 1.165) is 0 Å². The Bertz CT molecular complexity index is 373. The molecule has 1 rings (SSSR count). The number of alkyl halides is 1. The second-order valence-corrected chi connectivity index (χ2v) is 5.79. The summed E-state index contributed by atoms with van der Waals surface area (Å²) in [4.78, 5) is 33.7. The van der Waals surface area contributed by atoms with Crippen LogP contribution in [-0.4, -0.2) is 46.3 Å². The molecule has 8 heteroatoms. The minimum atomic E-state index is -0.724. The summed E-state index contributed by atoms with van der Waals surface area (Å²) >= 11 is 1.98. The van der Waals surface area contributed by atoms with Gasteiger partial charge in [0.2, 0.25) is 5.91 Å². The summed E-state index contributed by atoms with van der Waals surface area (Å²) in [5.74, 6) is -1.29. The Kier molecular flexibility index (Phi) is 6.18. The third kappa shape index (κ3) is 4.58. The van der Waals surface area contributed by atoms with Crippen molar-refractivity contribution in [2.24, 2.45) is 0 Å². The molecule has 0 radical (unpaired) electrons. The molecule has 0 aromatic carbocycles. The van der Waals surface area contributed by atoms with Gasteiger partial charge in [-0.25, -0.2) is 0 Å². The Balaban J connectivity index is 3.01. The van der Waals surface area contributed by atoms with Crippen LogP contribution in [0.2, 0.25) is 0 Å². The van der Waals surface area contributed by atoms with Crippen molar-refractivity contribution in [2.75, 3.05) is 0 Å². The molecule has 0 saturated carbocycles. The highest BCUT2D eigenvalue weighted by Crippen LogP contribution is 2.29. The normalized spacial score (nSPS) is 33.1. The summed E-state index contributed by atoms with van der Waals surface area (Å²) in [5, 5.41) is 2.68. The predicted octanol–water partition coefficient (Wildman–Crippen LogP) is 0.534. The second-order valence-electron chi connectivity index (χ2n) is 4.57. The zero-order valence-electron chi connectivity index (χ0n) is 11.7. The Morgan fingerprint density at radius 2 is 1.55 bits per heavy atom. The van der Waals surface area contributed by atoms with Crippen LogP contribution in [0.3, 0.4) is 0 Å². The van der Waals surface area contributed by atoms with Crippen LogP contribution >= 0.6 is 22.6 Å². The van der Waals surface area contributed by atoms with Gasteiger partial charge >= 0.3 is 11.9 Å². The summed E-state index contributed by atoms with van der Waals surface area (Å²) in [5.41, 5.74) is 0. The molecule has 5 atom stereocenters. The molecular weight excluding hydrogens is 381 g/mol. The first-order valence-corrected chi connectivity index (χ1v) is 7.38. The number of carbonyl (C=O) groups is 3. The molecule has 1 aliphatic heterocycles. The first kappa shape index (κ1) is 17.2. The van der Waals surface area contributed by atoms with Crippen molar-refractivity contribution >= 4 is 40.4 Å². The van der Waals surface area contributed by atoms with E-state index in [1.165, 1.54) is 20.8 Å². The number of halogens is 1. The Labute approximate surface area is 130 Å². The number of ether oxygens (including phenoxy) is 3. The van der Waals surface area contributed by atoms with E-state index in [-0.39, 0.29) is 5.91 Å². The van der Waals surface area contributed by atoms with Gasteiger partial charge in [-0.15, -0.1) is 0 Å². The van der Waals surface area contributed by atoms with Crippen molar-refractivity contribution in [2.45, 2.75) is 56.2 Å². The molecule has 1 heterocycles. The molecule has 0 unspecified atom stereocenters. The lowest BCUT2D eigenvalue weighted by Crippen LogP contribution is -2.63. The number of rotatable bonds is 3. The fraction of sp³-hybridized carbons (Fsp3) is 0.750. The second kappa shape index (κ2) is 7.21. The standard InChI is InChI=1S/C12H18INO6/c1-5-10(19-7(3)16)9(14-6(2)15)11(12(13)18-5)20-8(4)17/h5,9-12H,1-4H3,(H,14,15)/t5-,9+,10-,11-,12-/m1/s1. The molecule has 1 aliphatic rings. The Morgan fingerprint density at radius 3 is 2.00 bits per heavy atom. The number of hydrogen-bond donors (Lipinski definition) is 1. The molecule has 0 aromatic heterocycles. The molecule has 1 fully saturated rings. The van der Waals surface area contributed by atoms with Gasteiger partial charge in [0.1, 0.15) is 10.2 Å². The fourth-order valence-electron chi connectivity index (χ4n) is 2.08. The van der Waals surface area contributed by atoms with Gasteiger partial charge in [-0.2, -0.15) is 0 Å². The lowest BCUT2D eigenvalue weighted by Gasteiger charge is -2.42. The molecule has 1 N–H and O–H groups in total. The maximum Gasteiger partial charge on any atom is 0.303 e. The molecule has 0 aromatic rings. The van der Waals surface area contributed by atoms with Gasteiger partial charge in [0.15, 0.2) is 12.2 Å². The van der Waals surface area contributed by atoms with E-state index in [1.54, 1.807) is 6.92 Å². The minimum Gasteiger partial charge on any atom is -0.457 e. The highest BCUT2D eigenvalue weighted by Gasteiger charge is 2.47. The van der Waals surface area contributed by atoms with Crippen molar-refractivity contribution in [3.05, 3.63) is 0 Å². The molecule has 20 heavy (non-hydrogen) atoms. The Hall–Kier alpha value is -0.900. The highest BCUT2D eigenvalue weighted by molar-refractivity contribution is 14.1. The molecular formula is C12H18INO6. The quantitative estimate of drug-likeness (QED) is 0.423. The summed E-state index contributed by atoms with van der Waals surface area (Å²) in [6.07, 6.45) is -1.87. The molecule has 114 valence electrons. The minimum absolute atomic E-state index is 0.304. The van der Waals surface area contributed by atoms with Crippen molar-refractivity contribution in [1.82, 2.24) is 5.32 Å². The molecule has 0 spiro atoms. The van der Waals surface area contributed by atoms with Crippen LogP contribution in [0.5, 0.6) is 0 Å². The first-order valence-electron chi connectivity index (χ1n) is 6.13. The first-order chi connectivity index (χ1) is 9.22. The van der Waals surface area contributed by atoms with Crippen molar-refractivity contribution in [3.8, 4) is 0 Å². The van der Waals surface area contributed by atoms with Crippen LogP contribution in [0.15, 0.2) is 0 Å². The van der Waals surface area contributed by atoms with Crippen LogP contribution in [-0.2, 0) is 28.6 Å². The van der Waals surface area contributed by atoms with Crippen LogP contribution in [0, 0.1) is 0 Å². The molecule has 0 aliphatic carbocycles. The maximum atomic E-state index is 11.4. The predicted molar refractivity (Wildman–Crippen MR) is 77.1 cm³/mol. The van der Waals surface area contributed by atoms with Crippen molar-refractivity contribution in [1.29, 1.82) is 0 Å². The topological polar surface area (TPSA) is 90.9 Å². The van der Waals surface area contributed by atoms with Gasteiger partial charge in [-0.3, -0.25) is 14.4 Å². The van der Waals surface area contributed by atoms with Gasteiger partial charge < -0.3 is 19.5 Å². The number of carbonyl (C=O) groups excluding carboxylic acids is 3. The number of esters is 2. The summed E-state index contributed by atoms with van der Waals surface area (Å²) in [6.45, 7) is 5.62. The third-order valence-electron chi connectivity index (χ3n) is 2.75. The maximum absolute atomic E-state index is 11.4. The molecule has 1 amide bonds. The largest absolute Gasteiger partial charge is 0.457 e. The van der Waals surface area contributed by atoms with Gasteiger partial charge in [0.05, 0.1) is 6.10 Å². The van der Waals surface area contributed by atoms with Gasteiger partial charge in [0.25, 0.3) is 0 Å². The smallest absolute Gasteiger partial charge is 0.303 e. The van der Waals surface area contributed by atoms with Crippen molar-refractivity contribution in [3.63, 3.8) is 0 Å². The van der Waals surface area contributed by atoms with Gasteiger partial charge in [-0.1, -0.05) is 0 Å². The number of hydrogen-bond acceptors (Lipinski definition) is 6. The van der Waals surface area contributed by atoms with E-state index in [1.807, 2.05) is 22.6 Å². The zero-order chi connectivity index (χ0) is 15.4. The van der Waals surface area contributed by atoms with E-state index < -0.39 is 40.4 Å². The van der Waals surface area contributed by atoms with Crippen LogP contribution < -0.4 is 5.32 Å².